The molecule has 0 atom stereocenters. The van der Waals surface area contributed by atoms with E-state index in [4.69, 9.17) is 11.0 Å². The Morgan fingerprint density at radius 1 is 1.80 bits per heavy atom. The third-order valence-corrected chi connectivity index (χ3v) is 1.85. The molecule has 0 aliphatic heterocycles. The van der Waals surface area contributed by atoms with E-state index in [1.54, 1.807) is 6.07 Å². The van der Waals surface area contributed by atoms with Crippen LogP contribution in [-0.2, 0) is 11.3 Å². The van der Waals surface area contributed by atoms with Crippen molar-refractivity contribution in [1.29, 1.82) is 5.26 Å². The van der Waals surface area contributed by atoms with Crippen molar-refractivity contribution in [2.24, 2.45) is 0 Å². The van der Waals surface area contributed by atoms with Gasteiger partial charge in [0.25, 0.3) is 0 Å². The van der Waals surface area contributed by atoms with Crippen molar-refractivity contribution in [3.63, 3.8) is 0 Å². The van der Waals surface area contributed by atoms with E-state index in [1.807, 2.05) is 13.0 Å². The number of hydrogen-bond donors (Lipinski definition) is 2. The first kappa shape index (κ1) is 11.0. The zero-order chi connectivity index (χ0) is 11.3. The molecule has 1 amide bonds. The molecule has 0 radical (unpaired) electrons. The fraction of sp³-hybridized carbons (Fsp3) is 0.444. The topological polar surface area (TPSA) is 96.7 Å². The lowest BCUT2D eigenvalue weighted by Crippen LogP contribution is -2.29. The van der Waals surface area contributed by atoms with Gasteiger partial charge in [-0.25, -0.2) is 0 Å². The van der Waals surface area contributed by atoms with E-state index < -0.39 is 0 Å². The number of anilines is 1. The Labute approximate surface area is 87.7 Å². The summed E-state index contributed by atoms with van der Waals surface area (Å²) < 4.78 is 1.52. The van der Waals surface area contributed by atoms with Crippen molar-refractivity contribution < 1.29 is 4.79 Å². The van der Waals surface area contributed by atoms with Crippen molar-refractivity contribution in [2.45, 2.75) is 19.9 Å². The van der Waals surface area contributed by atoms with Gasteiger partial charge >= 0.3 is 0 Å². The summed E-state index contributed by atoms with van der Waals surface area (Å²) >= 11 is 0. The van der Waals surface area contributed by atoms with Crippen LogP contribution >= 0.6 is 0 Å². The van der Waals surface area contributed by atoms with Crippen molar-refractivity contribution >= 4 is 11.7 Å². The van der Waals surface area contributed by atoms with Crippen molar-refractivity contribution in [3.8, 4) is 6.07 Å². The molecular weight excluding hydrogens is 194 g/mol. The minimum atomic E-state index is -0.170. The van der Waals surface area contributed by atoms with Crippen LogP contribution in [0.2, 0.25) is 0 Å². The Kier molecular flexibility index (Phi) is 3.68. The average Bonchev–Trinajstić information content (AvgIpc) is 2.45. The molecule has 0 aliphatic rings. The van der Waals surface area contributed by atoms with Crippen LogP contribution in [0.3, 0.4) is 0 Å². The molecule has 1 rings (SSSR count). The molecule has 80 valence electrons. The molecule has 1 aromatic rings. The van der Waals surface area contributed by atoms with Gasteiger partial charge in [0, 0.05) is 18.3 Å². The number of aryl methyl sites for hydroxylation is 1. The lowest BCUT2D eigenvalue weighted by molar-refractivity contribution is -0.121. The Hall–Kier alpha value is -2.03. The van der Waals surface area contributed by atoms with E-state index in [2.05, 4.69) is 10.4 Å². The minimum Gasteiger partial charge on any atom is -0.382 e. The van der Waals surface area contributed by atoms with Gasteiger partial charge < -0.3 is 11.1 Å². The average molecular weight is 207 g/mol. The molecule has 0 aromatic carbocycles. The monoisotopic (exact) mass is 207 g/mol. The Balaban J connectivity index is 2.45. The molecule has 0 fully saturated rings. The van der Waals surface area contributed by atoms with E-state index in [1.165, 1.54) is 4.68 Å². The minimum absolute atomic E-state index is 0.133. The van der Waals surface area contributed by atoms with Gasteiger partial charge in [-0.1, -0.05) is 0 Å². The van der Waals surface area contributed by atoms with E-state index in [9.17, 15) is 4.79 Å². The van der Waals surface area contributed by atoms with Crippen LogP contribution in [0.15, 0.2) is 6.07 Å². The highest BCUT2D eigenvalue weighted by Crippen LogP contribution is 2.03. The number of nitrogens with two attached hydrogens (primary N) is 1. The number of nitriles is 1. The molecule has 0 bridgehead atoms. The summed E-state index contributed by atoms with van der Waals surface area (Å²) in [7, 11) is 0. The van der Waals surface area contributed by atoms with Crippen molar-refractivity contribution in [2.75, 3.05) is 12.3 Å². The number of rotatable bonds is 4. The number of nitrogens with one attached hydrogen (secondary N) is 1. The first-order chi connectivity index (χ1) is 7.13. The number of aromatic nitrogens is 2. The third-order valence-electron chi connectivity index (χ3n) is 1.85. The lowest BCUT2D eigenvalue weighted by atomic mass is 10.4. The molecular formula is C9H13N5O. The zero-order valence-electron chi connectivity index (χ0n) is 8.53. The standard InChI is InChI=1S/C9H13N5O/c1-7-5-8(11)13-14(7)6-9(15)12-4-2-3-10/h5H,2,4,6H2,1H3,(H2,11,13)(H,12,15). The van der Waals surface area contributed by atoms with Gasteiger partial charge in [-0.15, -0.1) is 0 Å². The largest absolute Gasteiger partial charge is 0.382 e. The second-order valence-electron chi connectivity index (χ2n) is 3.13. The van der Waals surface area contributed by atoms with Crippen LogP contribution in [0.1, 0.15) is 12.1 Å². The maximum Gasteiger partial charge on any atom is 0.241 e. The van der Waals surface area contributed by atoms with Gasteiger partial charge in [0.05, 0.1) is 12.5 Å². The second kappa shape index (κ2) is 5.00. The molecule has 6 heteroatoms. The third kappa shape index (κ3) is 3.31. The van der Waals surface area contributed by atoms with Crippen LogP contribution in [-0.4, -0.2) is 22.2 Å². The normalized spacial score (nSPS) is 9.60. The van der Waals surface area contributed by atoms with Gasteiger partial charge in [0.1, 0.15) is 12.4 Å². The molecule has 15 heavy (non-hydrogen) atoms. The summed E-state index contributed by atoms with van der Waals surface area (Å²) in [5.74, 6) is 0.230. The van der Waals surface area contributed by atoms with Gasteiger partial charge in [-0.05, 0) is 6.92 Å². The molecule has 0 unspecified atom stereocenters. The predicted molar refractivity (Wildman–Crippen MR) is 54.6 cm³/mol. The summed E-state index contributed by atoms with van der Waals surface area (Å²) in [6.45, 7) is 2.32. The maximum absolute atomic E-state index is 11.3. The number of amides is 1. The second-order valence-corrected chi connectivity index (χ2v) is 3.13. The highest BCUT2D eigenvalue weighted by atomic mass is 16.2. The van der Waals surface area contributed by atoms with Crippen LogP contribution in [0.25, 0.3) is 0 Å². The lowest BCUT2D eigenvalue weighted by Gasteiger charge is -2.04. The first-order valence-corrected chi connectivity index (χ1v) is 4.57. The molecule has 0 spiro atoms. The number of nitrogens with zero attached hydrogens (tertiary/aromatic N) is 3. The maximum atomic E-state index is 11.3. The van der Waals surface area contributed by atoms with E-state index >= 15 is 0 Å². The Bertz CT molecular complexity index is 390. The molecule has 0 saturated carbocycles. The number of hydrogen-bond acceptors (Lipinski definition) is 4. The zero-order valence-corrected chi connectivity index (χ0v) is 8.53. The molecule has 3 N–H and O–H groups in total. The molecule has 6 nitrogen and oxygen atoms in total. The SMILES string of the molecule is Cc1cc(N)nn1CC(=O)NCCC#N. The number of nitrogen functional groups attached to an aromatic ring is 1. The molecule has 0 saturated heterocycles. The molecule has 1 aromatic heterocycles. The van der Waals surface area contributed by atoms with Crippen LogP contribution in [0.4, 0.5) is 5.82 Å². The smallest absolute Gasteiger partial charge is 0.241 e. The predicted octanol–water partition coefficient (Wildman–Crippen LogP) is -0.196. The summed E-state index contributed by atoms with van der Waals surface area (Å²) in [6.07, 6.45) is 0.311. The number of carbonyl (C=O) groups is 1. The fourth-order valence-corrected chi connectivity index (χ4v) is 1.15. The molecule has 1 heterocycles. The van der Waals surface area contributed by atoms with Gasteiger partial charge in [-0.2, -0.15) is 10.4 Å². The summed E-state index contributed by atoms with van der Waals surface area (Å²) in [5, 5.41) is 14.8. The van der Waals surface area contributed by atoms with Gasteiger partial charge in [0.15, 0.2) is 0 Å². The van der Waals surface area contributed by atoms with E-state index in [0.717, 1.165) is 5.69 Å². The quantitative estimate of drug-likeness (QED) is 0.668. The number of carbonyl (C=O) groups excluding carboxylic acids is 1. The fourth-order valence-electron chi connectivity index (χ4n) is 1.15. The first-order valence-electron chi connectivity index (χ1n) is 4.57. The molecule has 0 aliphatic carbocycles. The Morgan fingerprint density at radius 3 is 3.07 bits per heavy atom. The van der Waals surface area contributed by atoms with Crippen molar-refractivity contribution in [3.05, 3.63) is 11.8 Å². The van der Waals surface area contributed by atoms with E-state index in [0.29, 0.717) is 18.8 Å². The van der Waals surface area contributed by atoms with Gasteiger partial charge in [-0.3, -0.25) is 9.48 Å². The summed E-state index contributed by atoms with van der Waals surface area (Å²) in [5.41, 5.74) is 6.31. The summed E-state index contributed by atoms with van der Waals surface area (Å²) in [6, 6.07) is 3.64. The Morgan fingerprint density at radius 2 is 2.53 bits per heavy atom. The van der Waals surface area contributed by atoms with E-state index in [-0.39, 0.29) is 12.5 Å². The van der Waals surface area contributed by atoms with Crippen LogP contribution in [0, 0.1) is 18.3 Å². The van der Waals surface area contributed by atoms with Crippen LogP contribution < -0.4 is 11.1 Å². The van der Waals surface area contributed by atoms with Crippen molar-refractivity contribution in [1.82, 2.24) is 15.1 Å². The highest BCUT2D eigenvalue weighted by molar-refractivity contribution is 5.75. The van der Waals surface area contributed by atoms with Gasteiger partial charge in [0.2, 0.25) is 5.91 Å². The summed E-state index contributed by atoms with van der Waals surface area (Å²) in [4.78, 5) is 11.3. The van der Waals surface area contributed by atoms with Crippen LogP contribution in [0.5, 0.6) is 0 Å². The highest BCUT2D eigenvalue weighted by Gasteiger charge is 2.06.